The van der Waals surface area contributed by atoms with Gasteiger partial charge in [-0.3, -0.25) is 4.79 Å². The van der Waals surface area contributed by atoms with Crippen LogP contribution < -0.4 is 5.32 Å². The molecule has 0 bridgehead atoms. The number of nitrogens with zero attached hydrogens (tertiary/aromatic N) is 1. The van der Waals surface area contributed by atoms with Crippen LogP contribution >= 0.6 is 11.3 Å². The third kappa shape index (κ3) is 4.53. The summed E-state index contributed by atoms with van der Waals surface area (Å²) >= 11 is 1.14. The van der Waals surface area contributed by atoms with Gasteiger partial charge in [-0.15, -0.1) is 11.3 Å². The van der Waals surface area contributed by atoms with Gasteiger partial charge < -0.3 is 10.4 Å². The minimum Gasteiger partial charge on any atom is -0.477 e. The molecule has 2 atom stereocenters. The molecule has 0 aliphatic heterocycles. The van der Waals surface area contributed by atoms with E-state index in [2.05, 4.69) is 17.2 Å². The number of hydrogen-bond donors (Lipinski definition) is 2. The van der Waals surface area contributed by atoms with Crippen LogP contribution in [-0.4, -0.2) is 22.0 Å². The van der Waals surface area contributed by atoms with Crippen molar-refractivity contribution in [3.05, 3.63) is 15.6 Å². The van der Waals surface area contributed by atoms with E-state index < -0.39 is 5.97 Å². The lowest BCUT2D eigenvalue weighted by atomic mass is 9.90. The molecule has 1 fully saturated rings. The van der Waals surface area contributed by atoms with Gasteiger partial charge in [-0.05, 0) is 32.6 Å². The van der Waals surface area contributed by atoms with Crippen molar-refractivity contribution in [2.24, 2.45) is 11.8 Å². The van der Waals surface area contributed by atoms with E-state index in [1.54, 1.807) is 6.92 Å². The van der Waals surface area contributed by atoms with E-state index in [9.17, 15) is 9.59 Å². The first-order chi connectivity index (χ1) is 10.9. The molecule has 23 heavy (non-hydrogen) atoms. The van der Waals surface area contributed by atoms with E-state index >= 15 is 0 Å². The smallest absolute Gasteiger partial charge is 0.347 e. The summed E-state index contributed by atoms with van der Waals surface area (Å²) in [6, 6.07) is -0.253. The zero-order valence-electron chi connectivity index (χ0n) is 14.1. The molecule has 0 aromatic carbocycles. The van der Waals surface area contributed by atoms with Crippen LogP contribution in [0.15, 0.2) is 0 Å². The fourth-order valence-electron chi connectivity index (χ4n) is 3.30. The van der Waals surface area contributed by atoms with E-state index in [0.29, 0.717) is 16.6 Å². The van der Waals surface area contributed by atoms with E-state index in [0.717, 1.165) is 24.2 Å². The van der Waals surface area contributed by atoms with Gasteiger partial charge in [0.2, 0.25) is 5.91 Å². The van der Waals surface area contributed by atoms with Crippen LogP contribution in [0.4, 0.5) is 0 Å². The lowest BCUT2D eigenvalue weighted by molar-refractivity contribution is -0.126. The highest BCUT2D eigenvalue weighted by Gasteiger charge is 2.26. The van der Waals surface area contributed by atoms with Crippen LogP contribution in [0.2, 0.25) is 0 Å². The van der Waals surface area contributed by atoms with Crippen LogP contribution in [0.25, 0.3) is 0 Å². The van der Waals surface area contributed by atoms with Crippen molar-refractivity contribution in [2.45, 2.75) is 65.3 Å². The lowest BCUT2D eigenvalue weighted by Gasteiger charge is -2.20. The Labute approximate surface area is 141 Å². The highest BCUT2D eigenvalue weighted by Crippen LogP contribution is 2.32. The quantitative estimate of drug-likeness (QED) is 0.789. The predicted octanol–water partition coefficient (Wildman–Crippen LogP) is 3.93. The Hall–Kier alpha value is -1.43. The number of carboxylic acid groups (broad SMARTS) is 1. The van der Waals surface area contributed by atoms with Crippen molar-refractivity contribution in [2.75, 3.05) is 0 Å². The summed E-state index contributed by atoms with van der Waals surface area (Å²) in [5.41, 5.74) is 0.511. The molecular formula is C17H26N2O3S. The first-order valence-corrected chi connectivity index (χ1v) is 9.25. The van der Waals surface area contributed by atoms with Gasteiger partial charge in [0.25, 0.3) is 0 Å². The molecule has 0 saturated heterocycles. The number of nitrogens with one attached hydrogen (secondary N) is 1. The Balaban J connectivity index is 1.97. The first kappa shape index (κ1) is 17.9. The number of thiazole rings is 1. The van der Waals surface area contributed by atoms with Gasteiger partial charge in [0, 0.05) is 5.92 Å². The standard InChI is InChI=1S/C17H26N2O3S/c1-4-13(9-12-7-5-6-8-12)15(20)18-11(3)16-19-10(2)14(23-16)17(21)22/h11-13H,4-9H2,1-3H3,(H,18,20)(H,21,22). The Bertz CT molecular complexity index is 564. The number of aromatic nitrogens is 1. The van der Waals surface area contributed by atoms with Crippen LogP contribution in [0, 0.1) is 18.8 Å². The summed E-state index contributed by atoms with van der Waals surface area (Å²) in [5.74, 6) is -0.170. The highest BCUT2D eigenvalue weighted by atomic mass is 32.1. The molecule has 0 spiro atoms. The monoisotopic (exact) mass is 338 g/mol. The maximum absolute atomic E-state index is 12.5. The number of carbonyl (C=O) groups is 2. The van der Waals surface area contributed by atoms with Crippen LogP contribution in [0.3, 0.4) is 0 Å². The molecule has 1 saturated carbocycles. The van der Waals surface area contributed by atoms with Gasteiger partial charge in [-0.25, -0.2) is 9.78 Å². The second-order valence-electron chi connectivity index (χ2n) is 6.49. The maximum Gasteiger partial charge on any atom is 0.347 e. The van der Waals surface area contributed by atoms with Crippen LogP contribution in [0.1, 0.15) is 78.8 Å². The van der Waals surface area contributed by atoms with E-state index in [4.69, 9.17) is 5.11 Å². The number of hydrogen-bond acceptors (Lipinski definition) is 4. The number of aryl methyl sites for hydroxylation is 1. The van der Waals surface area contributed by atoms with E-state index in [1.165, 1.54) is 25.7 Å². The summed E-state index contributed by atoms with van der Waals surface area (Å²) in [4.78, 5) is 28.2. The topological polar surface area (TPSA) is 79.3 Å². The molecular weight excluding hydrogens is 312 g/mol. The Morgan fingerprint density at radius 3 is 2.57 bits per heavy atom. The van der Waals surface area contributed by atoms with Gasteiger partial charge in [0.15, 0.2) is 0 Å². The number of rotatable bonds is 7. The number of aromatic carboxylic acids is 1. The van der Waals surface area contributed by atoms with Crippen LogP contribution in [-0.2, 0) is 4.79 Å². The second kappa shape index (κ2) is 7.90. The molecule has 6 heteroatoms. The zero-order valence-corrected chi connectivity index (χ0v) is 14.9. The van der Waals surface area contributed by atoms with E-state index in [-0.39, 0.29) is 22.7 Å². The molecule has 2 rings (SSSR count). The second-order valence-corrected chi connectivity index (χ2v) is 7.52. The van der Waals surface area contributed by atoms with Gasteiger partial charge >= 0.3 is 5.97 Å². The Morgan fingerprint density at radius 1 is 1.39 bits per heavy atom. The summed E-state index contributed by atoms with van der Waals surface area (Å²) < 4.78 is 0. The number of carbonyl (C=O) groups excluding carboxylic acids is 1. The molecule has 1 amide bonds. The van der Waals surface area contributed by atoms with Crippen molar-refractivity contribution in [3.8, 4) is 0 Å². The third-order valence-electron chi connectivity index (χ3n) is 4.69. The molecule has 128 valence electrons. The molecule has 1 heterocycles. The van der Waals surface area contributed by atoms with Gasteiger partial charge in [0.1, 0.15) is 9.88 Å². The van der Waals surface area contributed by atoms with Crippen molar-refractivity contribution < 1.29 is 14.7 Å². The molecule has 0 radical (unpaired) electrons. The molecule has 1 aromatic heterocycles. The molecule has 1 aromatic rings. The average Bonchev–Trinajstić information content (AvgIpc) is 3.13. The van der Waals surface area contributed by atoms with Crippen molar-refractivity contribution in [1.82, 2.24) is 10.3 Å². The third-order valence-corrected chi connectivity index (χ3v) is 6.02. The fourth-order valence-corrected chi connectivity index (χ4v) is 4.21. The normalized spacial score (nSPS) is 17.9. The van der Waals surface area contributed by atoms with Gasteiger partial charge in [0.05, 0.1) is 11.7 Å². The Morgan fingerprint density at radius 2 is 2.04 bits per heavy atom. The van der Waals surface area contributed by atoms with Crippen molar-refractivity contribution in [1.29, 1.82) is 0 Å². The largest absolute Gasteiger partial charge is 0.477 e. The van der Waals surface area contributed by atoms with Gasteiger partial charge in [-0.1, -0.05) is 32.6 Å². The minimum atomic E-state index is -0.961. The molecule has 1 aliphatic carbocycles. The maximum atomic E-state index is 12.5. The summed E-state index contributed by atoms with van der Waals surface area (Å²) in [6.45, 7) is 5.61. The summed E-state index contributed by atoms with van der Waals surface area (Å²) in [6.07, 6.45) is 6.86. The van der Waals surface area contributed by atoms with Crippen molar-refractivity contribution in [3.63, 3.8) is 0 Å². The van der Waals surface area contributed by atoms with Crippen molar-refractivity contribution >= 4 is 23.2 Å². The molecule has 2 unspecified atom stereocenters. The SMILES string of the molecule is CCC(CC1CCCC1)C(=O)NC(C)c1nc(C)c(C(=O)O)s1. The van der Waals surface area contributed by atoms with Gasteiger partial charge in [-0.2, -0.15) is 0 Å². The van der Waals surface area contributed by atoms with Crippen LogP contribution in [0.5, 0.6) is 0 Å². The zero-order chi connectivity index (χ0) is 17.0. The Kier molecular flexibility index (Phi) is 6.16. The summed E-state index contributed by atoms with van der Waals surface area (Å²) in [5, 5.41) is 12.8. The predicted molar refractivity (Wildman–Crippen MR) is 90.7 cm³/mol. The fraction of sp³-hybridized carbons (Fsp3) is 0.706. The lowest BCUT2D eigenvalue weighted by Crippen LogP contribution is -2.33. The highest BCUT2D eigenvalue weighted by molar-refractivity contribution is 7.13. The molecule has 2 N–H and O–H groups in total. The number of amides is 1. The minimum absolute atomic E-state index is 0.0422. The average molecular weight is 338 g/mol. The summed E-state index contributed by atoms with van der Waals surface area (Å²) in [7, 11) is 0. The number of carboxylic acids is 1. The van der Waals surface area contributed by atoms with E-state index in [1.807, 2.05) is 6.92 Å². The molecule has 5 nitrogen and oxygen atoms in total. The first-order valence-electron chi connectivity index (χ1n) is 8.43. The molecule has 1 aliphatic rings.